The van der Waals surface area contributed by atoms with Crippen molar-refractivity contribution in [3.8, 4) is 90.8 Å². The molecule has 1 unspecified atom stereocenters. The highest BCUT2D eigenvalue weighted by atomic mass is 19.2. The van der Waals surface area contributed by atoms with E-state index in [4.69, 9.17) is 22.4 Å². The zero-order chi connectivity index (χ0) is 89.0. The van der Waals surface area contributed by atoms with Crippen LogP contribution in [0, 0.1) is 64.3 Å². The number of aromatic nitrogens is 8. The lowest BCUT2D eigenvalue weighted by Gasteiger charge is -2.13. The number of nitrogens with one attached hydrogen (secondary N) is 4. The van der Waals surface area contributed by atoms with Gasteiger partial charge in [0.2, 0.25) is 0 Å². The molecule has 29 heteroatoms. The van der Waals surface area contributed by atoms with Gasteiger partial charge in [-0.25, -0.2) is 55.1 Å². The number of ether oxygens (including phenoxy) is 1. The highest BCUT2D eigenvalue weighted by Crippen LogP contribution is 2.44. The van der Waals surface area contributed by atoms with Gasteiger partial charge in [0.05, 0.1) is 77.4 Å². The Bertz CT molecular complexity index is 6150. The summed E-state index contributed by atoms with van der Waals surface area (Å²) in [6, 6.07) is 61.5. The van der Waals surface area contributed by atoms with E-state index in [2.05, 4.69) is 41.2 Å². The average molecular weight is 1750 g/mol. The third-order valence-electron chi connectivity index (χ3n) is 22.8. The van der Waals surface area contributed by atoms with Crippen LogP contribution in [-0.4, -0.2) is 75.0 Å². The number of hydrogen-bond donors (Lipinski definition) is 4. The van der Waals surface area contributed by atoms with Gasteiger partial charge in [-0.2, -0.15) is 0 Å². The number of para-hydroxylation sites is 4. The van der Waals surface area contributed by atoms with Gasteiger partial charge in [0, 0.05) is 60.5 Å². The fraction of sp³-hybridized carbons (Fsp3) is 0.200. The Morgan fingerprint density at radius 2 is 0.574 bits per heavy atom. The molecule has 1 saturated heterocycles. The number of nitrogens with zero attached hydrogens (tertiary/aromatic N) is 8. The van der Waals surface area contributed by atoms with E-state index in [9.17, 15) is 54.3 Å². The Morgan fingerprint density at radius 1 is 0.302 bits per heavy atom. The molecule has 16 aromatic rings. The monoisotopic (exact) mass is 1750 g/mol. The summed E-state index contributed by atoms with van der Waals surface area (Å²) in [6.07, 6.45) is 19.6. The van der Waals surface area contributed by atoms with Gasteiger partial charge in [-0.15, -0.1) is 0 Å². The Kier molecular flexibility index (Phi) is 26.2. The molecule has 0 bridgehead atoms. The van der Waals surface area contributed by atoms with Crippen LogP contribution in [0.5, 0.6) is 0 Å². The second-order valence-corrected chi connectivity index (χ2v) is 31.8. The molecular weight excluding hydrogens is 1670 g/mol. The summed E-state index contributed by atoms with van der Waals surface area (Å²) in [5, 5.41) is 10.1. The van der Waals surface area contributed by atoms with E-state index < -0.39 is 46.9 Å². The summed E-state index contributed by atoms with van der Waals surface area (Å²) in [6.45, 7) is 3.64. The molecular formula is C100H84F8N12O9. The molecule has 0 radical (unpaired) electrons. The number of imidazole rings is 4. The van der Waals surface area contributed by atoms with E-state index in [0.717, 1.165) is 104 Å². The molecule has 8 aromatic carbocycles. The largest absolute Gasteiger partial charge is 0.449 e. The maximum Gasteiger partial charge on any atom is 0.291 e. The third kappa shape index (κ3) is 20.4. The van der Waals surface area contributed by atoms with E-state index in [0.29, 0.717) is 88.5 Å². The zero-order valence-corrected chi connectivity index (χ0v) is 69.3. The van der Waals surface area contributed by atoms with E-state index in [-0.39, 0.29) is 69.1 Å². The van der Waals surface area contributed by atoms with Crippen molar-refractivity contribution in [2.24, 2.45) is 17.8 Å². The molecule has 4 aliphatic rings. The predicted octanol–water partition coefficient (Wildman–Crippen LogP) is 24.1. The molecule has 3 saturated carbocycles. The molecule has 9 heterocycles. The highest BCUT2D eigenvalue weighted by Gasteiger charge is 2.33. The Hall–Kier alpha value is -15.0. The number of hydrogen-bond acceptors (Lipinski definition) is 13. The molecule has 3 aliphatic carbocycles. The second kappa shape index (κ2) is 39.3. The van der Waals surface area contributed by atoms with Crippen LogP contribution < -0.4 is 21.3 Å². The van der Waals surface area contributed by atoms with Gasteiger partial charge in [0.1, 0.15) is 69.3 Å². The van der Waals surface area contributed by atoms with Crippen LogP contribution in [0.15, 0.2) is 286 Å². The number of carbonyl (C=O) groups excluding carboxylic acids is 4. The molecule has 129 heavy (non-hydrogen) atoms. The summed E-state index contributed by atoms with van der Waals surface area (Å²) in [5.74, 6) is -2.11. The number of benzene rings is 8. The topological polar surface area (TPSA) is 249 Å². The van der Waals surface area contributed by atoms with E-state index in [1.807, 2.05) is 18.3 Å². The fourth-order valence-electron chi connectivity index (χ4n) is 16.1. The van der Waals surface area contributed by atoms with Gasteiger partial charge in [-0.05, 0) is 251 Å². The molecule has 20 rings (SSSR count). The minimum atomic E-state index is -0.565. The maximum atomic E-state index is 13.9. The van der Waals surface area contributed by atoms with Crippen molar-refractivity contribution in [3.05, 3.63) is 338 Å². The predicted molar refractivity (Wildman–Crippen MR) is 470 cm³/mol. The molecule has 8 aromatic heterocycles. The van der Waals surface area contributed by atoms with Crippen molar-refractivity contribution in [1.82, 2.24) is 38.2 Å². The van der Waals surface area contributed by atoms with E-state index in [1.165, 1.54) is 129 Å². The van der Waals surface area contributed by atoms with E-state index in [1.54, 1.807) is 165 Å². The van der Waals surface area contributed by atoms with Crippen molar-refractivity contribution < 1.29 is 76.7 Å². The van der Waals surface area contributed by atoms with Crippen LogP contribution in [0.1, 0.15) is 119 Å². The number of rotatable bonds is 23. The molecule has 21 nitrogen and oxygen atoms in total. The smallest absolute Gasteiger partial charge is 0.291 e. The average Bonchev–Trinajstić information content (AvgIpc) is 1.11. The molecule has 4 amide bonds. The number of halogens is 8. The highest BCUT2D eigenvalue weighted by molar-refractivity contribution is 6.05. The quantitative estimate of drug-likeness (QED) is 0.0436. The lowest BCUT2D eigenvalue weighted by molar-refractivity contribution is 0.0989. The minimum Gasteiger partial charge on any atom is -0.449 e. The van der Waals surface area contributed by atoms with Gasteiger partial charge in [-0.1, -0.05) is 74.2 Å². The Balaban J connectivity index is 0.000000121. The van der Waals surface area contributed by atoms with Crippen molar-refractivity contribution in [1.29, 1.82) is 0 Å². The molecule has 4 fully saturated rings. The maximum absolute atomic E-state index is 13.9. The van der Waals surface area contributed by atoms with Crippen molar-refractivity contribution in [2.75, 3.05) is 34.5 Å². The van der Waals surface area contributed by atoms with Crippen LogP contribution in [0.25, 0.3) is 90.8 Å². The standard InChI is InChI=1S/2C26H23F2N3O2.C25H21F2N3O3.C23H17F2N3O2/c2*27-19-11-9-18(10-12-19)24-25(31(16-29-24)15-17-5-1-2-6-17)22-13-14-23(33-22)26(32)30-21-8-4-3-7-20(21)28;26-18-7-5-17(6-8-18)23-24(30(15-28-23)13-16-11-12-32-14-16)21-9-10-22(33-21)25(31)29-20-4-2-1-3-19(20)27;24-15-7-5-14(6-8-15)21-22(28(13-26-21)16-9-10-16)19-11-12-20(30-19)23(29)27-18-4-2-1-3-17(18)25/h2*3-4,7-14,16-17H,1-2,5-6,15H2,(H,30,32);1-10,15-16H,11-14H2,(H,29,31);1-8,11-13,16H,9-10H2,(H,27,29). The second-order valence-electron chi connectivity index (χ2n) is 31.8. The first kappa shape index (κ1) is 86.1. The van der Waals surface area contributed by atoms with Gasteiger partial charge < -0.3 is 61.9 Å². The van der Waals surface area contributed by atoms with Crippen LogP contribution in [0.4, 0.5) is 57.9 Å². The lowest BCUT2D eigenvalue weighted by Crippen LogP contribution is -2.12. The summed E-state index contributed by atoms with van der Waals surface area (Å²) in [4.78, 5) is 68.8. The summed E-state index contributed by atoms with van der Waals surface area (Å²) >= 11 is 0. The van der Waals surface area contributed by atoms with Crippen molar-refractivity contribution >= 4 is 46.4 Å². The Morgan fingerprint density at radius 3 is 0.853 bits per heavy atom. The molecule has 0 spiro atoms. The van der Waals surface area contributed by atoms with Crippen LogP contribution in [0.2, 0.25) is 0 Å². The first-order valence-electron chi connectivity index (χ1n) is 42.3. The minimum absolute atomic E-state index is 0.0373. The van der Waals surface area contributed by atoms with Gasteiger partial charge in [0.15, 0.2) is 46.1 Å². The van der Waals surface area contributed by atoms with Crippen LogP contribution in [0.3, 0.4) is 0 Å². The molecule has 654 valence electrons. The third-order valence-corrected chi connectivity index (χ3v) is 22.8. The lowest BCUT2D eigenvalue weighted by atomic mass is 10.1. The molecule has 1 aliphatic heterocycles. The summed E-state index contributed by atoms with van der Waals surface area (Å²) in [5.41, 5.74) is 8.75. The fourth-order valence-corrected chi connectivity index (χ4v) is 16.1. The Labute approximate surface area is 734 Å². The van der Waals surface area contributed by atoms with Crippen LogP contribution in [-0.2, 0) is 24.4 Å². The number of anilines is 4. The van der Waals surface area contributed by atoms with Crippen LogP contribution >= 0.6 is 0 Å². The molecule has 1 atom stereocenters. The van der Waals surface area contributed by atoms with Gasteiger partial charge in [0.25, 0.3) is 23.6 Å². The number of amides is 4. The van der Waals surface area contributed by atoms with Crippen molar-refractivity contribution in [2.45, 2.75) is 96.3 Å². The summed E-state index contributed by atoms with van der Waals surface area (Å²) < 4.78 is 147. The number of carbonyl (C=O) groups is 4. The zero-order valence-electron chi connectivity index (χ0n) is 69.3. The number of furan rings is 4. The first-order chi connectivity index (χ1) is 62.8. The summed E-state index contributed by atoms with van der Waals surface area (Å²) in [7, 11) is 0. The molecule has 4 N–H and O–H groups in total. The van der Waals surface area contributed by atoms with Crippen molar-refractivity contribution in [3.63, 3.8) is 0 Å². The SMILES string of the molecule is O=C(Nc1ccccc1F)c1ccc(-c2c(-c3ccc(F)cc3)ncn2C2CC2)o1.O=C(Nc1ccccc1F)c1ccc(-c2c(-c3ccc(F)cc3)ncn2CC2CCCC2)o1.O=C(Nc1ccccc1F)c1ccc(-c2c(-c3ccc(F)cc3)ncn2CC2CCCC2)o1.O=C(Nc1ccccc1F)c1ccc(-c2c(-c3ccc(F)cc3)ncn2CC2CCOC2)o1. The van der Waals surface area contributed by atoms with E-state index >= 15 is 0 Å². The van der Waals surface area contributed by atoms with Gasteiger partial charge >= 0.3 is 0 Å². The first-order valence-corrected chi connectivity index (χ1v) is 42.3. The van der Waals surface area contributed by atoms with Gasteiger partial charge in [-0.3, -0.25) is 19.2 Å². The normalized spacial score (nSPS) is 14.3.